The number of likely N-dealkylation sites (N-methyl/N-ethyl adjacent to an activating group) is 1. The van der Waals surface area contributed by atoms with Crippen LogP contribution in [0.1, 0.15) is 25.8 Å². The second-order valence-corrected chi connectivity index (χ2v) is 4.48. The average molecular weight is 253 g/mol. The summed E-state index contributed by atoms with van der Waals surface area (Å²) in [4.78, 5) is 10.9. The Kier molecular flexibility index (Phi) is 5.78. The number of ether oxygens (including phenoxy) is 1. The van der Waals surface area contributed by atoms with Gasteiger partial charge < -0.3 is 14.8 Å². The highest BCUT2D eigenvalue weighted by atomic mass is 19.1. The Morgan fingerprint density at radius 1 is 1.44 bits per heavy atom. The van der Waals surface area contributed by atoms with Gasteiger partial charge in [-0.3, -0.25) is 0 Å². The summed E-state index contributed by atoms with van der Waals surface area (Å²) in [5.41, 5.74) is 0.789. The lowest BCUT2D eigenvalue weighted by atomic mass is 10.1. The summed E-state index contributed by atoms with van der Waals surface area (Å²) < 4.78 is 19.0. The summed E-state index contributed by atoms with van der Waals surface area (Å²) in [7, 11) is 1.84. The fourth-order valence-corrected chi connectivity index (χ4v) is 1.71. The molecule has 0 radical (unpaired) electrons. The van der Waals surface area contributed by atoms with E-state index in [1.165, 1.54) is 19.1 Å². The van der Waals surface area contributed by atoms with Crippen LogP contribution in [-0.2, 0) is 11.2 Å². The number of aryl methyl sites for hydroxylation is 1. The summed E-state index contributed by atoms with van der Waals surface area (Å²) in [6, 6.07) is 4.60. The Bertz CT molecular complexity index is 407. The second-order valence-electron chi connectivity index (χ2n) is 4.48. The van der Waals surface area contributed by atoms with Crippen LogP contribution in [0, 0.1) is 5.82 Å². The lowest BCUT2D eigenvalue weighted by molar-refractivity contribution is -0.116. The third-order valence-corrected chi connectivity index (χ3v) is 2.53. The van der Waals surface area contributed by atoms with E-state index in [4.69, 9.17) is 4.74 Å². The van der Waals surface area contributed by atoms with Crippen LogP contribution in [0.25, 0.3) is 0 Å². The second kappa shape index (κ2) is 7.11. The fraction of sp³-hybridized carbons (Fsp3) is 0.500. The number of carbonyl (C=O) groups is 1. The van der Waals surface area contributed by atoms with Crippen molar-refractivity contribution in [2.24, 2.45) is 0 Å². The zero-order chi connectivity index (χ0) is 13.5. The maximum atomic E-state index is 13.4. The van der Waals surface area contributed by atoms with Crippen LogP contribution >= 0.6 is 0 Å². The van der Waals surface area contributed by atoms with Crippen LogP contribution in [0.5, 0.6) is 5.75 Å². The van der Waals surface area contributed by atoms with Crippen molar-refractivity contribution in [1.82, 2.24) is 5.32 Å². The van der Waals surface area contributed by atoms with Crippen LogP contribution in [0.3, 0.4) is 0 Å². The maximum absolute atomic E-state index is 13.4. The van der Waals surface area contributed by atoms with Crippen molar-refractivity contribution in [3.05, 3.63) is 29.6 Å². The standard InChI is InChI=1S/C14H20FNO2/c1-10(17)4-5-12-6-13(15)8-14(7-12)18-11(2)9-16-3/h6-8,11,16H,4-5,9H2,1-3H3/t11-/m1/s1. The van der Waals surface area contributed by atoms with E-state index in [0.717, 1.165) is 5.56 Å². The van der Waals surface area contributed by atoms with Crippen molar-refractivity contribution in [2.45, 2.75) is 32.8 Å². The van der Waals surface area contributed by atoms with E-state index in [1.807, 2.05) is 14.0 Å². The van der Waals surface area contributed by atoms with E-state index in [0.29, 0.717) is 25.1 Å². The number of nitrogens with one attached hydrogen (secondary N) is 1. The predicted octanol–water partition coefficient (Wildman–Crippen LogP) is 2.33. The number of hydrogen-bond acceptors (Lipinski definition) is 3. The SMILES string of the molecule is CNC[C@@H](C)Oc1cc(F)cc(CCC(C)=O)c1. The molecule has 0 bridgehead atoms. The van der Waals surface area contributed by atoms with Gasteiger partial charge in [-0.1, -0.05) is 0 Å². The first-order valence-corrected chi connectivity index (χ1v) is 6.11. The van der Waals surface area contributed by atoms with Crippen LogP contribution in [-0.4, -0.2) is 25.5 Å². The van der Waals surface area contributed by atoms with Gasteiger partial charge in [0.25, 0.3) is 0 Å². The largest absolute Gasteiger partial charge is 0.489 e. The molecule has 0 spiro atoms. The van der Waals surface area contributed by atoms with Gasteiger partial charge in [-0.05, 0) is 45.0 Å². The monoisotopic (exact) mass is 253 g/mol. The fourth-order valence-electron chi connectivity index (χ4n) is 1.71. The van der Waals surface area contributed by atoms with Crippen LogP contribution in [0.4, 0.5) is 4.39 Å². The van der Waals surface area contributed by atoms with Gasteiger partial charge in [0.15, 0.2) is 0 Å². The molecule has 1 atom stereocenters. The first kappa shape index (κ1) is 14.6. The number of halogens is 1. The molecule has 0 aromatic heterocycles. The van der Waals surface area contributed by atoms with Gasteiger partial charge in [0.2, 0.25) is 0 Å². The Morgan fingerprint density at radius 2 is 2.17 bits per heavy atom. The molecule has 4 heteroatoms. The summed E-state index contributed by atoms with van der Waals surface area (Å²) in [5.74, 6) is 0.282. The van der Waals surface area contributed by atoms with E-state index >= 15 is 0 Å². The molecule has 18 heavy (non-hydrogen) atoms. The summed E-state index contributed by atoms with van der Waals surface area (Å²) in [6.07, 6.45) is 0.941. The Balaban J connectivity index is 2.70. The molecule has 0 fully saturated rings. The minimum Gasteiger partial charge on any atom is -0.489 e. The lowest BCUT2D eigenvalue weighted by Gasteiger charge is -2.15. The average Bonchev–Trinajstić information content (AvgIpc) is 2.25. The zero-order valence-electron chi connectivity index (χ0n) is 11.1. The van der Waals surface area contributed by atoms with E-state index in [-0.39, 0.29) is 17.7 Å². The highest BCUT2D eigenvalue weighted by Gasteiger charge is 2.07. The summed E-state index contributed by atoms with van der Waals surface area (Å²) in [6.45, 7) is 4.14. The third kappa shape index (κ3) is 5.27. The quantitative estimate of drug-likeness (QED) is 0.810. The molecule has 0 amide bonds. The number of rotatable bonds is 7. The molecule has 1 aromatic rings. The summed E-state index contributed by atoms with van der Waals surface area (Å²) in [5, 5.41) is 2.99. The molecule has 3 nitrogen and oxygen atoms in total. The van der Waals surface area contributed by atoms with Crippen molar-refractivity contribution in [2.75, 3.05) is 13.6 Å². The van der Waals surface area contributed by atoms with Gasteiger partial charge in [-0.2, -0.15) is 0 Å². The number of hydrogen-bond donors (Lipinski definition) is 1. The molecule has 0 aliphatic rings. The number of ketones is 1. The minimum absolute atomic E-state index is 0.0301. The van der Waals surface area contributed by atoms with E-state index in [2.05, 4.69) is 5.32 Å². The topological polar surface area (TPSA) is 38.3 Å². The molecule has 100 valence electrons. The van der Waals surface area contributed by atoms with Gasteiger partial charge in [0, 0.05) is 19.0 Å². The van der Waals surface area contributed by atoms with E-state index in [1.54, 1.807) is 6.07 Å². The van der Waals surface area contributed by atoms with Crippen molar-refractivity contribution in [3.63, 3.8) is 0 Å². The van der Waals surface area contributed by atoms with Gasteiger partial charge in [0.1, 0.15) is 23.5 Å². The molecule has 0 saturated carbocycles. The predicted molar refractivity (Wildman–Crippen MR) is 69.4 cm³/mol. The van der Waals surface area contributed by atoms with Gasteiger partial charge >= 0.3 is 0 Å². The van der Waals surface area contributed by atoms with E-state index in [9.17, 15) is 9.18 Å². The molecule has 0 aliphatic heterocycles. The molecule has 1 N–H and O–H groups in total. The molecule has 0 unspecified atom stereocenters. The summed E-state index contributed by atoms with van der Waals surface area (Å²) >= 11 is 0. The highest BCUT2D eigenvalue weighted by molar-refractivity contribution is 5.75. The normalized spacial score (nSPS) is 12.2. The van der Waals surface area contributed by atoms with Crippen molar-refractivity contribution in [3.8, 4) is 5.75 Å². The third-order valence-electron chi connectivity index (χ3n) is 2.53. The van der Waals surface area contributed by atoms with Crippen LogP contribution in [0.15, 0.2) is 18.2 Å². The maximum Gasteiger partial charge on any atom is 0.130 e. The zero-order valence-corrected chi connectivity index (χ0v) is 11.1. The smallest absolute Gasteiger partial charge is 0.130 e. The van der Waals surface area contributed by atoms with Gasteiger partial charge in [0.05, 0.1) is 0 Å². The molecule has 0 heterocycles. The molecule has 1 rings (SSSR count). The number of benzene rings is 1. The number of carbonyl (C=O) groups excluding carboxylic acids is 1. The Hall–Kier alpha value is -1.42. The minimum atomic E-state index is -0.331. The van der Waals surface area contributed by atoms with Crippen molar-refractivity contribution >= 4 is 5.78 Å². The Labute approximate surface area is 107 Å². The van der Waals surface area contributed by atoms with Gasteiger partial charge in [-0.15, -0.1) is 0 Å². The highest BCUT2D eigenvalue weighted by Crippen LogP contribution is 2.19. The molecule has 1 aromatic carbocycles. The Morgan fingerprint density at radius 3 is 2.78 bits per heavy atom. The molecule has 0 aliphatic carbocycles. The molecular weight excluding hydrogens is 233 g/mol. The number of Topliss-reactive ketones (excluding diaryl/α,β-unsaturated/α-hetero) is 1. The molecular formula is C14H20FNO2. The first-order chi connectivity index (χ1) is 8.51. The van der Waals surface area contributed by atoms with Gasteiger partial charge in [-0.25, -0.2) is 4.39 Å². The lowest BCUT2D eigenvalue weighted by Crippen LogP contribution is -2.26. The first-order valence-electron chi connectivity index (χ1n) is 6.11. The van der Waals surface area contributed by atoms with Crippen molar-refractivity contribution < 1.29 is 13.9 Å². The van der Waals surface area contributed by atoms with Crippen LogP contribution in [0.2, 0.25) is 0 Å². The van der Waals surface area contributed by atoms with E-state index < -0.39 is 0 Å². The van der Waals surface area contributed by atoms with Crippen LogP contribution < -0.4 is 10.1 Å². The molecule has 0 saturated heterocycles. The van der Waals surface area contributed by atoms with Crippen molar-refractivity contribution in [1.29, 1.82) is 0 Å².